The van der Waals surface area contributed by atoms with Gasteiger partial charge in [0.25, 0.3) is 0 Å². The number of nitrogens with one attached hydrogen (secondary N) is 1. The molecule has 0 spiro atoms. The summed E-state index contributed by atoms with van der Waals surface area (Å²) in [6.07, 6.45) is 3.85. The van der Waals surface area contributed by atoms with Crippen molar-refractivity contribution in [1.82, 2.24) is 14.9 Å². The molecule has 0 amide bonds. The lowest BCUT2D eigenvalue weighted by Crippen LogP contribution is -2.12. The summed E-state index contributed by atoms with van der Waals surface area (Å²) < 4.78 is 27.7. The molecule has 1 fully saturated rings. The second-order valence-corrected chi connectivity index (χ2v) is 8.27. The molecule has 2 N–H and O–H groups in total. The van der Waals surface area contributed by atoms with Crippen molar-refractivity contribution in [3.8, 4) is 5.75 Å². The summed E-state index contributed by atoms with van der Waals surface area (Å²) in [7, 11) is -3.62. The van der Waals surface area contributed by atoms with Gasteiger partial charge in [0.2, 0.25) is 9.84 Å². The van der Waals surface area contributed by atoms with Crippen molar-refractivity contribution in [3.05, 3.63) is 35.3 Å². The molecule has 1 saturated heterocycles. The van der Waals surface area contributed by atoms with Crippen molar-refractivity contribution in [2.24, 2.45) is 0 Å². The third-order valence-corrected chi connectivity index (χ3v) is 6.73. The Morgan fingerprint density at radius 3 is 3.00 bits per heavy atom. The molecule has 1 aliphatic rings. The molecule has 3 aromatic heterocycles. The van der Waals surface area contributed by atoms with Crippen LogP contribution in [0.2, 0.25) is 0 Å². The molecule has 0 bridgehead atoms. The first-order valence-corrected chi connectivity index (χ1v) is 9.67. The zero-order chi connectivity index (χ0) is 16.0. The fourth-order valence-corrected chi connectivity index (χ4v) is 5.43. The highest BCUT2D eigenvalue weighted by atomic mass is 32.2. The van der Waals surface area contributed by atoms with Crippen LogP contribution in [0.25, 0.3) is 11.0 Å². The van der Waals surface area contributed by atoms with Crippen LogP contribution >= 0.6 is 11.3 Å². The molecule has 120 valence electrons. The third kappa shape index (κ3) is 2.34. The Morgan fingerprint density at radius 1 is 1.43 bits per heavy atom. The van der Waals surface area contributed by atoms with E-state index in [1.807, 2.05) is 4.57 Å². The zero-order valence-corrected chi connectivity index (χ0v) is 13.8. The van der Waals surface area contributed by atoms with Crippen LogP contribution in [-0.4, -0.2) is 36.2 Å². The summed E-state index contributed by atoms with van der Waals surface area (Å²) in [4.78, 5) is 4.65. The molecule has 0 saturated carbocycles. The standard InChI is InChI=1S/C15H15N3O3S2/c19-11-5-13-15(17-7-11)14(8-18(13)10-1-3-16-6-10)23(20,21)12-2-4-22-9-12/h2,4-5,7-10,16,19H,1,3,6H2. The molecule has 6 nitrogen and oxygen atoms in total. The Morgan fingerprint density at radius 2 is 2.30 bits per heavy atom. The number of hydrogen-bond donors (Lipinski definition) is 2. The highest BCUT2D eigenvalue weighted by Crippen LogP contribution is 2.34. The average Bonchev–Trinajstić information content (AvgIpc) is 3.26. The summed E-state index contributed by atoms with van der Waals surface area (Å²) >= 11 is 1.34. The highest BCUT2D eigenvalue weighted by Gasteiger charge is 2.28. The van der Waals surface area contributed by atoms with Gasteiger partial charge in [0.1, 0.15) is 16.2 Å². The van der Waals surface area contributed by atoms with Gasteiger partial charge in [-0.25, -0.2) is 13.4 Å². The van der Waals surface area contributed by atoms with Crippen LogP contribution in [-0.2, 0) is 9.84 Å². The van der Waals surface area contributed by atoms with E-state index in [2.05, 4.69) is 10.3 Å². The molecular formula is C15H15N3O3S2. The molecule has 3 aromatic rings. The summed E-state index contributed by atoms with van der Waals surface area (Å²) in [5.41, 5.74) is 1.05. The maximum absolute atomic E-state index is 12.9. The van der Waals surface area contributed by atoms with E-state index >= 15 is 0 Å². The van der Waals surface area contributed by atoms with Gasteiger partial charge in [-0.1, -0.05) is 0 Å². The maximum Gasteiger partial charge on any atom is 0.211 e. The Kier molecular flexibility index (Phi) is 3.40. The van der Waals surface area contributed by atoms with Crippen LogP contribution in [0.3, 0.4) is 0 Å². The average molecular weight is 349 g/mol. The number of fused-ring (bicyclic) bond motifs is 1. The van der Waals surface area contributed by atoms with Gasteiger partial charge in [0, 0.05) is 30.2 Å². The minimum atomic E-state index is -3.62. The first kappa shape index (κ1) is 14.7. The minimum absolute atomic E-state index is 0.0299. The molecule has 4 heterocycles. The molecule has 4 rings (SSSR count). The van der Waals surface area contributed by atoms with E-state index in [1.165, 1.54) is 17.5 Å². The predicted octanol–water partition coefficient (Wildman–Crippen LogP) is 2.17. The Hall–Kier alpha value is -1.90. The minimum Gasteiger partial charge on any atom is -0.506 e. The quantitative estimate of drug-likeness (QED) is 0.757. The van der Waals surface area contributed by atoms with E-state index in [4.69, 9.17) is 0 Å². The van der Waals surface area contributed by atoms with Gasteiger partial charge in [-0.3, -0.25) is 0 Å². The number of rotatable bonds is 3. The van der Waals surface area contributed by atoms with E-state index in [-0.39, 0.29) is 21.6 Å². The van der Waals surface area contributed by atoms with Gasteiger partial charge in [0.15, 0.2) is 0 Å². The lowest BCUT2D eigenvalue weighted by Gasteiger charge is -2.12. The van der Waals surface area contributed by atoms with Gasteiger partial charge in [-0.05, 0) is 24.4 Å². The van der Waals surface area contributed by atoms with Crippen LogP contribution in [0, 0.1) is 0 Å². The Labute approximate surface area is 137 Å². The van der Waals surface area contributed by atoms with E-state index in [0.717, 1.165) is 19.5 Å². The fraction of sp³-hybridized carbons (Fsp3) is 0.267. The molecule has 0 aromatic carbocycles. The van der Waals surface area contributed by atoms with E-state index in [9.17, 15) is 13.5 Å². The summed E-state index contributed by atoms with van der Waals surface area (Å²) in [5.74, 6) is 0.0299. The molecule has 0 aliphatic carbocycles. The van der Waals surface area contributed by atoms with Crippen molar-refractivity contribution < 1.29 is 13.5 Å². The number of aromatic nitrogens is 2. The van der Waals surface area contributed by atoms with E-state index in [0.29, 0.717) is 11.0 Å². The first-order chi connectivity index (χ1) is 11.1. The third-order valence-electron chi connectivity index (χ3n) is 4.14. The van der Waals surface area contributed by atoms with Crippen molar-refractivity contribution in [1.29, 1.82) is 0 Å². The Balaban J connectivity index is 1.97. The fourth-order valence-electron chi connectivity index (χ4n) is 2.99. The van der Waals surface area contributed by atoms with Gasteiger partial charge >= 0.3 is 0 Å². The molecule has 1 unspecified atom stereocenters. The normalized spacial score (nSPS) is 18.7. The summed E-state index contributed by atoms with van der Waals surface area (Å²) in [6.45, 7) is 1.67. The zero-order valence-electron chi connectivity index (χ0n) is 12.1. The smallest absolute Gasteiger partial charge is 0.211 e. The van der Waals surface area contributed by atoms with Crippen molar-refractivity contribution >= 4 is 32.2 Å². The molecule has 8 heteroatoms. The first-order valence-electron chi connectivity index (χ1n) is 7.25. The number of hydrogen-bond acceptors (Lipinski definition) is 6. The molecule has 1 atom stereocenters. The van der Waals surface area contributed by atoms with Crippen LogP contribution < -0.4 is 5.32 Å². The van der Waals surface area contributed by atoms with Crippen molar-refractivity contribution in [3.63, 3.8) is 0 Å². The van der Waals surface area contributed by atoms with Crippen LogP contribution in [0.4, 0.5) is 0 Å². The van der Waals surface area contributed by atoms with Crippen LogP contribution in [0.5, 0.6) is 5.75 Å². The molecule has 23 heavy (non-hydrogen) atoms. The number of nitrogens with zero attached hydrogens (tertiary/aromatic N) is 2. The van der Waals surface area contributed by atoms with E-state index < -0.39 is 9.84 Å². The van der Waals surface area contributed by atoms with E-state index in [1.54, 1.807) is 29.1 Å². The van der Waals surface area contributed by atoms with Crippen molar-refractivity contribution in [2.45, 2.75) is 22.3 Å². The highest BCUT2D eigenvalue weighted by molar-refractivity contribution is 7.91. The summed E-state index contributed by atoms with van der Waals surface area (Å²) in [6, 6.07) is 3.33. The molecular weight excluding hydrogens is 334 g/mol. The topological polar surface area (TPSA) is 84.2 Å². The van der Waals surface area contributed by atoms with Gasteiger partial charge in [0.05, 0.1) is 16.6 Å². The SMILES string of the molecule is O=S(=O)(c1ccsc1)c1cn(C2CCNC2)c2cc(O)cnc12. The monoisotopic (exact) mass is 349 g/mol. The largest absolute Gasteiger partial charge is 0.506 e. The van der Waals surface area contributed by atoms with Gasteiger partial charge in [-0.2, -0.15) is 11.3 Å². The lowest BCUT2D eigenvalue weighted by molar-refractivity contribution is 0.473. The Bertz CT molecular complexity index is 955. The van der Waals surface area contributed by atoms with Gasteiger partial charge in [-0.15, -0.1) is 0 Å². The predicted molar refractivity (Wildman–Crippen MR) is 87.7 cm³/mol. The number of sulfone groups is 1. The van der Waals surface area contributed by atoms with Gasteiger partial charge < -0.3 is 15.0 Å². The molecule has 0 radical (unpaired) electrons. The molecule has 1 aliphatic heterocycles. The number of aromatic hydroxyl groups is 1. The number of pyridine rings is 1. The number of thiophene rings is 1. The van der Waals surface area contributed by atoms with Crippen LogP contribution in [0.15, 0.2) is 45.1 Å². The second kappa shape index (κ2) is 5.33. The van der Waals surface area contributed by atoms with Crippen molar-refractivity contribution in [2.75, 3.05) is 13.1 Å². The maximum atomic E-state index is 12.9. The lowest BCUT2D eigenvalue weighted by atomic mass is 10.2. The summed E-state index contributed by atoms with van der Waals surface area (Å²) in [5, 5.41) is 16.4. The van der Waals surface area contributed by atoms with Crippen LogP contribution in [0.1, 0.15) is 12.5 Å². The second-order valence-electron chi connectivity index (χ2n) is 5.57.